The molecule has 37 heavy (non-hydrogen) atoms. The Balaban J connectivity index is 1.87. The Morgan fingerprint density at radius 2 is 1.49 bits per heavy atom. The van der Waals surface area contributed by atoms with Gasteiger partial charge in [-0.05, 0) is 40.5 Å². The van der Waals surface area contributed by atoms with Crippen molar-refractivity contribution in [3.63, 3.8) is 0 Å². The molecule has 0 bridgehead atoms. The second kappa shape index (κ2) is 12.5. The van der Waals surface area contributed by atoms with E-state index in [1.54, 1.807) is 12.4 Å². The molecule has 2 atom stereocenters. The van der Waals surface area contributed by atoms with Crippen LogP contribution in [-0.4, -0.2) is 73.7 Å². The third-order valence-electron chi connectivity index (χ3n) is 5.71. The number of aliphatic hydroxyl groups is 2. The van der Waals surface area contributed by atoms with Crippen LogP contribution in [0.15, 0.2) is 31.1 Å². The summed E-state index contributed by atoms with van der Waals surface area (Å²) in [5.41, 5.74) is 13.2. The van der Waals surface area contributed by atoms with Gasteiger partial charge in [0, 0.05) is 26.3 Å². The van der Waals surface area contributed by atoms with E-state index in [4.69, 9.17) is 20.9 Å². The molecule has 14 nitrogen and oxygen atoms in total. The van der Waals surface area contributed by atoms with Gasteiger partial charge in [-0.15, -0.1) is 0 Å². The molecule has 3 aromatic heterocycles. The maximum Gasteiger partial charge on any atom is 0.316 e. The van der Waals surface area contributed by atoms with Crippen molar-refractivity contribution in [2.45, 2.75) is 64.4 Å². The Hall–Kier alpha value is -3.01. The summed E-state index contributed by atoms with van der Waals surface area (Å²) < 4.78 is 14.1. The highest BCUT2D eigenvalue weighted by Crippen LogP contribution is 2.25. The number of hydrogen-bond donors (Lipinski definition) is 8. The van der Waals surface area contributed by atoms with Crippen LogP contribution in [0.3, 0.4) is 0 Å². The number of nitrogen functional groups attached to an aromatic ring is 2. The van der Waals surface area contributed by atoms with Crippen molar-refractivity contribution in [1.82, 2.24) is 35.6 Å². The van der Waals surface area contributed by atoms with Crippen LogP contribution < -0.4 is 26.7 Å². The normalized spacial score (nSPS) is 15.4. The second-order valence-corrected chi connectivity index (χ2v) is 9.37. The Morgan fingerprint density at radius 1 is 0.946 bits per heavy atom. The molecular formula is C23H41N10O4+. The van der Waals surface area contributed by atoms with E-state index in [9.17, 15) is 10.2 Å². The van der Waals surface area contributed by atoms with Crippen LogP contribution >= 0.6 is 0 Å². The first-order valence-corrected chi connectivity index (χ1v) is 12.4. The number of imidazole rings is 1. The summed E-state index contributed by atoms with van der Waals surface area (Å²) in [7, 11) is 0. The zero-order valence-electron chi connectivity index (χ0n) is 21.9. The second-order valence-electron chi connectivity index (χ2n) is 9.37. The molecule has 0 fully saturated rings. The largest absolute Gasteiger partial charge is 0.396 e. The smallest absolute Gasteiger partial charge is 0.316 e. The van der Waals surface area contributed by atoms with E-state index >= 15 is 0 Å². The number of nitrogens with zero attached hydrogens (tertiary/aromatic N) is 4. The van der Waals surface area contributed by atoms with E-state index in [1.165, 1.54) is 27.9 Å². The number of nitrogens with two attached hydrogens (primary N) is 2. The van der Waals surface area contributed by atoms with Gasteiger partial charge in [0.25, 0.3) is 6.33 Å². The van der Waals surface area contributed by atoms with E-state index in [-0.39, 0.29) is 35.0 Å². The number of nitrogens with one attached hydrogen (secondary N) is 4. The number of hydrogen-bond acceptors (Lipinski definition) is 10. The molecule has 14 heteroatoms. The van der Waals surface area contributed by atoms with Crippen LogP contribution in [0.2, 0.25) is 0 Å². The van der Waals surface area contributed by atoms with Crippen molar-refractivity contribution < 1.29 is 24.3 Å². The first-order chi connectivity index (χ1) is 17.6. The van der Waals surface area contributed by atoms with Crippen LogP contribution in [0.25, 0.3) is 0 Å². The summed E-state index contributed by atoms with van der Waals surface area (Å²) in [6.45, 7) is 9.72. The number of ether oxygens (including phenoxy) is 2. The van der Waals surface area contributed by atoms with Gasteiger partial charge < -0.3 is 31.2 Å². The number of aromatic amines is 2. The fourth-order valence-corrected chi connectivity index (χ4v) is 3.81. The fraction of sp³-hybridized carbons (Fsp3) is 0.609. The van der Waals surface area contributed by atoms with Gasteiger partial charge in [0.2, 0.25) is 0 Å². The Labute approximate surface area is 216 Å². The average molecular weight is 522 g/mol. The van der Waals surface area contributed by atoms with E-state index in [0.717, 1.165) is 0 Å². The van der Waals surface area contributed by atoms with E-state index < -0.39 is 11.7 Å². The van der Waals surface area contributed by atoms with Gasteiger partial charge in [-0.25, -0.2) is 10.6 Å². The van der Waals surface area contributed by atoms with Gasteiger partial charge in [-0.1, -0.05) is 0 Å². The molecule has 3 rings (SSSR count). The summed E-state index contributed by atoms with van der Waals surface area (Å²) >= 11 is 0. The molecule has 0 aliphatic carbocycles. The van der Waals surface area contributed by atoms with Gasteiger partial charge >= 0.3 is 11.7 Å². The maximum atomic E-state index is 11.8. The Bertz CT molecular complexity index is 1010. The molecule has 206 valence electrons. The number of aromatic nitrogens is 6. The lowest BCUT2D eigenvalue weighted by Crippen LogP contribution is -2.65. The van der Waals surface area contributed by atoms with Crippen molar-refractivity contribution in [2.24, 2.45) is 0 Å². The summed E-state index contributed by atoms with van der Waals surface area (Å²) in [5, 5.41) is 43.3. The first kappa shape index (κ1) is 28.6. The molecule has 10 N–H and O–H groups in total. The predicted molar refractivity (Wildman–Crippen MR) is 137 cm³/mol. The molecule has 0 aromatic carbocycles. The lowest BCUT2D eigenvalue weighted by atomic mass is 10.2. The molecular weight excluding hydrogens is 480 g/mol. The summed E-state index contributed by atoms with van der Waals surface area (Å²) in [5.74, 6) is -3.59. The van der Waals surface area contributed by atoms with Gasteiger partial charge in [-0.3, -0.25) is 10.2 Å². The van der Waals surface area contributed by atoms with Crippen molar-refractivity contribution in [3.05, 3.63) is 42.5 Å². The van der Waals surface area contributed by atoms with Gasteiger partial charge in [0.05, 0.1) is 36.0 Å². The molecule has 0 saturated carbocycles. The maximum absolute atomic E-state index is 11.8. The molecule has 0 aliphatic rings. The third-order valence-corrected chi connectivity index (χ3v) is 5.71. The van der Waals surface area contributed by atoms with Crippen LogP contribution in [0.1, 0.15) is 51.9 Å². The van der Waals surface area contributed by atoms with E-state index in [0.29, 0.717) is 39.1 Å². The zero-order chi connectivity index (χ0) is 27.1. The molecule has 0 unspecified atom stereocenters. The van der Waals surface area contributed by atoms with Gasteiger partial charge in [0.15, 0.2) is 11.4 Å². The minimum absolute atomic E-state index is 0.113. The summed E-state index contributed by atoms with van der Waals surface area (Å²) in [6, 6.07) is 0. The number of H-pyrrole nitrogens is 2. The van der Waals surface area contributed by atoms with Crippen molar-refractivity contribution in [1.29, 1.82) is 0 Å². The topological polar surface area (TPSA) is 201 Å². The van der Waals surface area contributed by atoms with E-state index in [1.807, 2.05) is 27.7 Å². The number of anilines is 2. The quantitative estimate of drug-likeness (QED) is 0.0690. The summed E-state index contributed by atoms with van der Waals surface area (Å²) in [6.07, 6.45) is 9.07. The summed E-state index contributed by atoms with van der Waals surface area (Å²) in [4.78, 5) is 0. The number of rotatable bonds is 16. The highest BCUT2D eigenvalue weighted by molar-refractivity contribution is 5.43. The lowest BCUT2D eigenvalue weighted by Gasteiger charge is -2.27. The van der Waals surface area contributed by atoms with E-state index in [2.05, 4.69) is 31.0 Å². The Kier molecular flexibility index (Phi) is 9.64. The lowest BCUT2D eigenvalue weighted by molar-refractivity contribution is -0.802. The van der Waals surface area contributed by atoms with Crippen molar-refractivity contribution >= 4 is 11.4 Å². The molecule has 0 amide bonds. The van der Waals surface area contributed by atoms with Crippen molar-refractivity contribution in [3.8, 4) is 0 Å². The van der Waals surface area contributed by atoms with Crippen molar-refractivity contribution in [2.75, 3.05) is 37.8 Å². The molecule has 3 heterocycles. The molecule has 3 aromatic rings. The monoisotopic (exact) mass is 521 g/mol. The van der Waals surface area contributed by atoms with Crippen LogP contribution in [-0.2, 0) is 21.2 Å². The molecule has 0 radical (unpaired) electrons. The third kappa shape index (κ3) is 6.85. The van der Waals surface area contributed by atoms with Crippen LogP contribution in [0.4, 0.5) is 11.4 Å². The minimum atomic E-state index is -1.80. The zero-order valence-corrected chi connectivity index (χ0v) is 21.9. The Morgan fingerprint density at radius 3 is 2.00 bits per heavy atom. The fourth-order valence-electron chi connectivity index (χ4n) is 3.81. The molecule has 0 spiro atoms. The standard InChI is InChI=1S/C23H41N10O4/c1-16(2)36-11-5-7-26-22(34,20-18(24)13-28-30-20)32-9-10-33(15-32)23(35,21-19(25)14-29-31-21)27-8-6-12-37-17(3)4/h9-10,13-17,26-27,34-35H,5-8,11-12,24-25H2,1-4H3,(H,28,30)(H,29,31)/q+1/t22-,23-/m1/s1. The molecule has 0 saturated heterocycles. The minimum Gasteiger partial charge on any atom is -0.396 e. The average Bonchev–Trinajstić information content (AvgIpc) is 3.59. The predicted octanol–water partition coefficient (Wildman–Crippen LogP) is -0.503. The SMILES string of the molecule is CC(C)OCCCN[C@](O)(c1[nH]ncc1N)n1cc[n+]([C@](O)(NCCCOC(C)C)c2[nH]ncc2N)c1. The first-order valence-electron chi connectivity index (χ1n) is 12.4. The highest BCUT2D eigenvalue weighted by atomic mass is 16.5. The molecule has 0 aliphatic heterocycles. The van der Waals surface area contributed by atoms with Crippen LogP contribution in [0, 0.1) is 0 Å². The van der Waals surface area contributed by atoms with Crippen LogP contribution in [0.5, 0.6) is 0 Å². The van der Waals surface area contributed by atoms with Gasteiger partial charge in [0.1, 0.15) is 12.4 Å². The van der Waals surface area contributed by atoms with Gasteiger partial charge in [-0.2, -0.15) is 19.3 Å². The highest BCUT2D eigenvalue weighted by Gasteiger charge is 2.44.